The van der Waals surface area contributed by atoms with Crippen LogP contribution >= 0.6 is 11.6 Å². The molecular formula is C15H13ClN4O. The van der Waals surface area contributed by atoms with Crippen LogP contribution in [0.5, 0.6) is 0 Å². The first-order valence-corrected chi connectivity index (χ1v) is 6.92. The minimum atomic E-state index is -0.114. The Bertz CT molecular complexity index is 784. The van der Waals surface area contributed by atoms with Crippen LogP contribution in [-0.4, -0.2) is 20.9 Å². The summed E-state index contributed by atoms with van der Waals surface area (Å²) in [5.41, 5.74) is 2.20. The Balaban J connectivity index is 1.63. The van der Waals surface area contributed by atoms with Gasteiger partial charge in [0.1, 0.15) is 5.15 Å². The van der Waals surface area contributed by atoms with E-state index in [9.17, 15) is 4.79 Å². The molecule has 3 rings (SSSR count). The summed E-state index contributed by atoms with van der Waals surface area (Å²) in [5.74, 6) is 0.253. The summed E-state index contributed by atoms with van der Waals surface area (Å²) in [7, 11) is 0. The van der Waals surface area contributed by atoms with Crippen LogP contribution in [-0.2, 0) is 11.2 Å². The molecule has 0 saturated carbocycles. The standard InChI is InChI=1S/C15H13ClN4O/c16-13-8-17-9-14(19-13)20-15(21)6-5-10-7-18-12-4-2-1-3-11(10)12/h1-4,7-9,18H,5-6H2,(H,19,20,21). The fourth-order valence-corrected chi connectivity index (χ4v) is 2.34. The molecule has 106 valence electrons. The second-order valence-corrected chi connectivity index (χ2v) is 5.02. The van der Waals surface area contributed by atoms with Crippen molar-refractivity contribution in [3.8, 4) is 0 Å². The summed E-state index contributed by atoms with van der Waals surface area (Å²) in [5, 5.41) is 4.09. The lowest BCUT2D eigenvalue weighted by atomic mass is 10.1. The van der Waals surface area contributed by atoms with Gasteiger partial charge in [-0.1, -0.05) is 29.8 Å². The molecule has 0 aliphatic heterocycles. The maximum absolute atomic E-state index is 11.9. The zero-order valence-electron chi connectivity index (χ0n) is 11.1. The third-order valence-corrected chi connectivity index (χ3v) is 3.35. The molecule has 0 aliphatic rings. The molecule has 6 heteroatoms. The normalized spacial score (nSPS) is 10.7. The summed E-state index contributed by atoms with van der Waals surface area (Å²) in [6.45, 7) is 0. The van der Waals surface area contributed by atoms with Gasteiger partial charge in [0, 0.05) is 23.5 Å². The van der Waals surface area contributed by atoms with E-state index in [0.717, 1.165) is 16.5 Å². The Labute approximate surface area is 126 Å². The lowest BCUT2D eigenvalue weighted by molar-refractivity contribution is -0.116. The first-order chi connectivity index (χ1) is 10.2. The summed E-state index contributed by atoms with van der Waals surface area (Å²) in [6, 6.07) is 8.02. The molecule has 1 aromatic carbocycles. The van der Waals surface area contributed by atoms with Crippen molar-refractivity contribution in [2.75, 3.05) is 5.32 Å². The van der Waals surface area contributed by atoms with Gasteiger partial charge in [-0.3, -0.25) is 9.78 Å². The topological polar surface area (TPSA) is 70.7 Å². The molecule has 0 spiro atoms. The van der Waals surface area contributed by atoms with Crippen molar-refractivity contribution < 1.29 is 4.79 Å². The summed E-state index contributed by atoms with van der Waals surface area (Å²) < 4.78 is 0. The van der Waals surface area contributed by atoms with E-state index in [2.05, 4.69) is 20.3 Å². The highest BCUT2D eigenvalue weighted by molar-refractivity contribution is 6.29. The van der Waals surface area contributed by atoms with Crippen molar-refractivity contribution in [2.24, 2.45) is 0 Å². The molecule has 2 aromatic heterocycles. The van der Waals surface area contributed by atoms with E-state index in [4.69, 9.17) is 11.6 Å². The lowest BCUT2D eigenvalue weighted by Gasteiger charge is -2.03. The van der Waals surface area contributed by atoms with Crippen LogP contribution in [0.15, 0.2) is 42.9 Å². The van der Waals surface area contributed by atoms with Gasteiger partial charge in [-0.2, -0.15) is 0 Å². The molecule has 3 aromatic rings. The number of nitrogens with zero attached hydrogens (tertiary/aromatic N) is 2. The largest absolute Gasteiger partial charge is 0.361 e. The van der Waals surface area contributed by atoms with Gasteiger partial charge in [0.15, 0.2) is 5.82 Å². The summed E-state index contributed by atoms with van der Waals surface area (Å²) in [4.78, 5) is 23.0. The predicted octanol–water partition coefficient (Wildman–Crippen LogP) is 3.18. The van der Waals surface area contributed by atoms with Crippen LogP contribution < -0.4 is 5.32 Å². The number of fused-ring (bicyclic) bond motifs is 1. The number of hydrogen-bond donors (Lipinski definition) is 2. The molecule has 0 saturated heterocycles. The van der Waals surface area contributed by atoms with Gasteiger partial charge < -0.3 is 10.3 Å². The second-order valence-electron chi connectivity index (χ2n) is 4.63. The molecule has 0 aliphatic carbocycles. The number of H-pyrrole nitrogens is 1. The van der Waals surface area contributed by atoms with Gasteiger partial charge in [-0.15, -0.1) is 0 Å². The SMILES string of the molecule is O=C(CCc1c[nH]c2ccccc12)Nc1cncc(Cl)n1. The Morgan fingerprint density at radius 1 is 1.29 bits per heavy atom. The molecular weight excluding hydrogens is 288 g/mol. The third-order valence-electron chi connectivity index (χ3n) is 3.17. The smallest absolute Gasteiger partial charge is 0.225 e. The molecule has 0 radical (unpaired) electrons. The van der Waals surface area contributed by atoms with E-state index < -0.39 is 0 Å². The highest BCUT2D eigenvalue weighted by Gasteiger charge is 2.08. The molecule has 0 fully saturated rings. The number of aryl methyl sites for hydroxylation is 1. The molecule has 0 atom stereocenters. The predicted molar refractivity (Wildman–Crippen MR) is 82.3 cm³/mol. The number of anilines is 1. The van der Waals surface area contributed by atoms with Crippen LogP contribution in [0, 0.1) is 0 Å². The molecule has 5 nitrogen and oxygen atoms in total. The first-order valence-electron chi connectivity index (χ1n) is 6.55. The van der Waals surface area contributed by atoms with Crippen molar-refractivity contribution in [2.45, 2.75) is 12.8 Å². The Kier molecular flexibility index (Phi) is 3.83. The highest BCUT2D eigenvalue weighted by atomic mass is 35.5. The van der Waals surface area contributed by atoms with E-state index >= 15 is 0 Å². The van der Waals surface area contributed by atoms with E-state index in [-0.39, 0.29) is 11.1 Å². The lowest BCUT2D eigenvalue weighted by Crippen LogP contribution is -2.13. The van der Waals surface area contributed by atoms with Crippen LogP contribution in [0.4, 0.5) is 5.82 Å². The number of benzene rings is 1. The van der Waals surface area contributed by atoms with E-state index in [1.54, 1.807) is 0 Å². The number of aromatic nitrogens is 3. The quantitative estimate of drug-likeness (QED) is 0.777. The Morgan fingerprint density at radius 3 is 3.00 bits per heavy atom. The minimum Gasteiger partial charge on any atom is -0.361 e. The number of carbonyl (C=O) groups is 1. The Morgan fingerprint density at radius 2 is 2.14 bits per heavy atom. The van der Waals surface area contributed by atoms with Crippen LogP contribution in [0.25, 0.3) is 10.9 Å². The van der Waals surface area contributed by atoms with Crippen LogP contribution in [0.1, 0.15) is 12.0 Å². The van der Waals surface area contributed by atoms with Crippen molar-refractivity contribution in [3.05, 3.63) is 53.6 Å². The summed E-state index contributed by atoms with van der Waals surface area (Å²) >= 11 is 5.72. The maximum Gasteiger partial charge on any atom is 0.225 e. The monoisotopic (exact) mass is 300 g/mol. The van der Waals surface area contributed by atoms with Gasteiger partial charge in [0.25, 0.3) is 0 Å². The number of halogens is 1. The second kappa shape index (κ2) is 5.93. The van der Waals surface area contributed by atoms with Gasteiger partial charge >= 0.3 is 0 Å². The van der Waals surface area contributed by atoms with Crippen molar-refractivity contribution >= 4 is 34.2 Å². The van der Waals surface area contributed by atoms with E-state index in [1.165, 1.54) is 12.4 Å². The first kappa shape index (κ1) is 13.6. The number of nitrogens with one attached hydrogen (secondary N) is 2. The summed E-state index contributed by atoms with van der Waals surface area (Å²) in [6.07, 6.45) is 5.86. The number of aromatic amines is 1. The van der Waals surface area contributed by atoms with Crippen LogP contribution in [0.2, 0.25) is 5.15 Å². The molecule has 2 heterocycles. The van der Waals surface area contributed by atoms with E-state index in [1.807, 2.05) is 30.5 Å². The number of rotatable bonds is 4. The van der Waals surface area contributed by atoms with Crippen molar-refractivity contribution in [1.82, 2.24) is 15.0 Å². The van der Waals surface area contributed by atoms with Gasteiger partial charge in [0.2, 0.25) is 5.91 Å². The number of amides is 1. The molecule has 0 unspecified atom stereocenters. The molecule has 2 N–H and O–H groups in total. The molecule has 1 amide bonds. The van der Waals surface area contributed by atoms with E-state index in [0.29, 0.717) is 18.7 Å². The zero-order valence-corrected chi connectivity index (χ0v) is 11.9. The highest BCUT2D eigenvalue weighted by Crippen LogP contribution is 2.19. The maximum atomic E-state index is 11.9. The molecule has 21 heavy (non-hydrogen) atoms. The molecule has 0 bridgehead atoms. The van der Waals surface area contributed by atoms with Gasteiger partial charge in [0.05, 0.1) is 12.4 Å². The average Bonchev–Trinajstić information content (AvgIpc) is 2.88. The van der Waals surface area contributed by atoms with Crippen LogP contribution in [0.3, 0.4) is 0 Å². The third kappa shape index (κ3) is 3.20. The average molecular weight is 301 g/mol. The fraction of sp³-hybridized carbons (Fsp3) is 0.133. The van der Waals surface area contributed by atoms with Crippen molar-refractivity contribution in [3.63, 3.8) is 0 Å². The minimum absolute atomic E-state index is 0.114. The Hall–Kier alpha value is -2.40. The zero-order chi connectivity index (χ0) is 14.7. The number of carbonyl (C=O) groups excluding carboxylic acids is 1. The number of para-hydroxylation sites is 1. The fourth-order valence-electron chi connectivity index (χ4n) is 2.19. The van der Waals surface area contributed by atoms with Gasteiger partial charge in [-0.05, 0) is 18.1 Å². The van der Waals surface area contributed by atoms with Gasteiger partial charge in [-0.25, -0.2) is 4.98 Å². The number of hydrogen-bond acceptors (Lipinski definition) is 3. The van der Waals surface area contributed by atoms with Crippen molar-refractivity contribution in [1.29, 1.82) is 0 Å².